The molecular weight excluding hydrogens is 310 g/mol. The molecule has 0 spiro atoms. The van der Waals surface area contributed by atoms with Crippen molar-refractivity contribution in [2.24, 2.45) is 0 Å². The largest absolute Gasteiger partial charge is 0.469 e. The zero-order chi connectivity index (χ0) is 17.7. The summed E-state index contributed by atoms with van der Waals surface area (Å²) in [5.41, 5.74) is 2.74. The fourth-order valence-corrected chi connectivity index (χ4v) is 2.79. The Morgan fingerprint density at radius 3 is 2.62 bits per heavy atom. The van der Waals surface area contributed by atoms with E-state index in [1.807, 2.05) is 32.0 Å². The number of ether oxygens (including phenoxy) is 1. The number of hydrogen-bond acceptors (Lipinski definition) is 5. The predicted molar refractivity (Wildman–Crippen MR) is 89.5 cm³/mol. The molecule has 24 heavy (non-hydrogen) atoms. The van der Waals surface area contributed by atoms with Crippen LogP contribution in [0.1, 0.15) is 17.5 Å². The molecule has 0 bridgehead atoms. The summed E-state index contributed by atoms with van der Waals surface area (Å²) >= 11 is 0. The van der Waals surface area contributed by atoms with Crippen LogP contribution in [0.4, 0.5) is 5.69 Å². The molecule has 0 saturated carbocycles. The summed E-state index contributed by atoms with van der Waals surface area (Å²) in [7, 11) is 1.28. The van der Waals surface area contributed by atoms with E-state index in [4.69, 9.17) is 0 Å². The molecule has 130 valence electrons. The van der Waals surface area contributed by atoms with E-state index in [9.17, 15) is 14.4 Å². The monoisotopic (exact) mass is 333 g/mol. The first kappa shape index (κ1) is 17.9. The molecule has 2 rings (SSSR count). The van der Waals surface area contributed by atoms with Crippen LogP contribution in [0.25, 0.3) is 0 Å². The average molecular weight is 333 g/mol. The average Bonchev–Trinajstić information content (AvgIpc) is 2.54. The van der Waals surface area contributed by atoms with Crippen LogP contribution in [0.15, 0.2) is 18.2 Å². The Kier molecular flexibility index (Phi) is 5.92. The molecule has 1 aliphatic rings. The first-order chi connectivity index (χ1) is 11.4. The summed E-state index contributed by atoms with van der Waals surface area (Å²) in [4.78, 5) is 37.6. The van der Waals surface area contributed by atoms with Gasteiger partial charge in [0.2, 0.25) is 11.8 Å². The number of carbonyl (C=O) groups excluding carboxylic acids is 3. The zero-order valence-corrected chi connectivity index (χ0v) is 14.2. The summed E-state index contributed by atoms with van der Waals surface area (Å²) in [5.74, 6) is -0.944. The zero-order valence-electron chi connectivity index (χ0n) is 14.2. The highest BCUT2D eigenvalue weighted by atomic mass is 16.5. The number of para-hydroxylation sites is 1. The van der Waals surface area contributed by atoms with Crippen LogP contribution < -0.4 is 10.6 Å². The molecule has 0 aromatic heterocycles. The van der Waals surface area contributed by atoms with Crippen LogP contribution in [0.5, 0.6) is 0 Å². The first-order valence-electron chi connectivity index (χ1n) is 7.87. The fourth-order valence-electron chi connectivity index (χ4n) is 2.79. The van der Waals surface area contributed by atoms with Crippen LogP contribution in [-0.4, -0.2) is 55.5 Å². The van der Waals surface area contributed by atoms with Crippen LogP contribution in [-0.2, 0) is 19.1 Å². The molecule has 1 fully saturated rings. The van der Waals surface area contributed by atoms with Gasteiger partial charge in [0.05, 0.1) is 20.1 Å². The smallest absolute Gasteiger partial charge is 0.307 e. The number of carbonyl (C=O) groups is 3. The Bertz CT molecular complexity index is 624. The number of nitrogens with one attached hydrogen (secondary N) is 2. The summed E-state index contributed by atoms with van der Waals surface area (Å²) < 4.78 is 4.64. The summed E-state index contributed by atoms with van der Waals surface area (Å²) in [6.45, 7) is 4.86. The van der Waals surface area contributed by atoms with Crippen molar-refractivity contribution in [2.45, 2.75) is 26.3 Å². The topological polar surface area (TPSA) is 87.7 Å². The summed E-state index contributed by atoms with van der Waals surface area (Å²) in [6, 6.07) is 5.10. The molecule has 0 radical (unpaired) electrons. The number of esters is 1. The summed E-state index contributed by atoms with van der Waals surface area (Å²) in [6.07, 6.45) is -0.0704. The van der Waals surface area contributed by atoms with Crippen molar-refractivity contribution in [1.29, 1.82) is 0 Å². The van der Waals surface area contributed by atoms with E-state index in [1.54, 1.807) is 4.90 Å². The molecule has 1 aromatic carbocycles. The molecule has 7 nitrogen and oxygen atoms in total. The second-order valence-electron chi connectivity index (χ2n) is 5.87. The number of amides is 2. The van der Waals surface area contributed by atoms with Gasteiger partial charge in [-0.3, -0.25) is 19.3 Å². The van der Waals surface area contributed by atoms with Crippen molar-refractivity contribution < 1.29 is 19.1 Å². The third-order valence-corrected chi connectivity index (χ3v) is 4.12. The minimum atomic E-state index is -0.685. The lowest BCUT2D eigenvalue weighted by Crippen LogP contribution is -2.57. The third-order valence-electron chi connectivity index (χ3n) is 4.12. The molecule has 1 saturated heterocycles. The minimum Gasteiger partial charge on any atom is -0.469 e. The molecule has 2 amide bonds. The van der Waals surface area contributed by atoms with Crippen LogP contribution in [0.2, 0.25) is 0 Å². The molecule has 0 unspecified atom stereocenters. The van der Waals surface area contributed by atoms with E-state index >= 15 is 0 Å². The molecule has 7 heteroatoms. The molecule has 1 atom stereocenters. The van der Waals surface area contributed by atoms with Gasteiger partial charge in [0.25, 0.3) is 0 Å². The second-order valence-corrected chi connectivity index (χ2v) is 5.87. The Balaban J connectivity index is 2.05. The van der Waals surface area contributed by atoms with Crippen LogP contribution in [0, 0.1) is 13.8 Å². The number of methoxy groups -OCH3 is 1. The van der Waals surface area contributed by atoms with Gasteiger partial charge in [-0.05, 0) is 25.0 Å². The molecule has 0 aliphatic carbocycles. The Labute approximate surface area is 141 Å². The molecule has 1 aromatic rings. The Morgan fingerprint density at radius 1 is 1.33 bits per heavy atom. The number of benzene rings is 1. The quantitative estimate of drug-likeness (QED) is 0.771. The summed E-state index contributed by atoms with van der Waals surface area (Å²) in [5, 5.41) is 5.61. The van der Waals surface area contributed by atoms with Gasteiger partial charge >= 0.3 is 5.97 Å². The van der Waals surface area contributed by atoms with Crippen molar-refractivity contribution in [1.82, 2.24) is 10.2 Å². The normalized spacial score (nSPS) is 18.0. The van der Waals surface area contributed by atoms with Crippen molar-refractivity contribution in [2.75, 3.05) is 32.1 Å². The Morgan fingerprint density at radius 2 is 2.00 bits per heavy atom. The number of anilines is 1. The standard InChI is InChI=1S/C17H23N3O4/c1-11-5-4-6-12(2)16(11)19-14(21)10-20-8-7-18-17(23)13(20)9-15(22)24-3/h4-6,13H,7-10H2,1-3H3,(H,18,23)(H,19,21)/t13-/m1/s1. The van der Waals surface area contributed by atoms with Gasteiger partial charge in [-0.25, -0.2) is 0 Å². The van der Waals surface area contributed by atoms with Crippen LogP contribution in [0.3, 0.4) is 0 Å². The number of nitrogens with zero attached hydrogens (tertiary/aromatic N) is 1. The van der Waals surface area contributed by atoms with E-state index in [2.05, 4.69) is 15.4 Å². The number of piperazine rings is 1. The van der Waals surface area contributed by atoms with E-state index in [1.165, 1.54) is 7.11 Å². The van der Waals surface area contributed by atoms with Gasteiger partial charge in [-0.15, -0.1) is 0 Å². The number of hydrogen-bond donors (Lipinski definition) is 2. The van der Waals surface area contributed by atoms with E-state index in [0.717, 1.165) is 16.8 Å². The van der Waals surface area contributed by atoms with Crippen molar-refractivity contribution in [3.8, 4) is 0 Å². The van der Waals surface area contributed by atoms with Crippen LogP contribution >= 0.6 is 0 Å². The van der Waals surface area contributed by atoms with Gasteiger partial charge in [-0.1, -0.05) is 18.2 Å². The van der Waals surface area contributed by atoms with Gasteiger partial charge in [-0.2, -0.15) is 0 Å². The highest BCUT2D eigenvalue weighted by Gasteiger charge is 2.33. The number of aryl methyl sites for hydroxylation is 2. The van der Waals surface area contributed by atoms with Crippen molar-refractivity contribution in [3.05, 3.63) is 29.3 Å². The number of rotatable bonds is 5. The lowest BCUT2D eigenvalue weighted by Gasteiger charge is -2.33. The second kappa shape index (κ2) is 7.92. The Hall–Kier alpha value is -2.41. The maximum absolute atomic E-state index is 12.4. The van der Waals surface area contributed by atoms with Gasteiger partial charge in [0.15, 0.2) is 0 Å². The SMILES string of the molecule is COC(=O)C[C@@H]1C(=O)NCCN1CC(=O)Nc1c(C)cccc1C. The predicted octanol–water partition coefficient (Wildman–Crippen LogP) is 0.605. The first-order valence-corrected chi connectivity index (χ1v) is 7.87. The highest BCUT2D eigenvalue weighted by molar-refractivity contribution is 5.95. The van der Waals surface area contributed by atoms with E-state index < -0.39 is 12.0 Å². The maximum Gasteiger partial charge on any atom is 0.307 e. The van der Waals surface area contributed by atoms with Gasteiger partial charge in [0.1, 0.15) is 6.04 Å². The lowest BCUT2D eigenvalue weighted by atomic mass is 10.1. The van der Waals surface area contributed by atoms with E-state index in [0.29, 0.717) is 13.1 Å². The molecular formula is C17H23N3O4. The highest BCUT2D eigenvalue weighted by Crippen LogP contribution is 2.19. The van der Waals surface area contributed by atoms with Gasteiger partial charge in [0, 0.05) is 18.8 Å². The fraction of sp³-hybridized carbons (Fsp3) is 0.471. The molecule has 2 N–H and O–H groups in total. The maximum atomic E-state index is 12.4. The lowest BCUT2D eigenvalue weighted by molar-refractivity contribution is -0.146. The molecule has 1 heterocycles. The third kappa shape index (κ3) is 4.32. The van der Waals surface area contributed by atoms with E-state index in [-0.39, 0.29) is 24.8 Å². The van der Waals surface area contributed by atoms with Crippen molar-refractivity contribution >= 4 is 23.5 Å². The molecule has 1 aliphatic heterocycles. The van der Waals surface area contributed by atoms with Crippen molar-refractivity contribution in [3.63, 3.8) is 0 Å². The van der Waals surface area contributed by atoms with Gasteiger partial charge < -0.3 is 15.4 Å². The minimum absolute atomic E-state index is 0.0445.